The number of carbonyl (C=O) groups excluding carboxylic acids is 1. The van der Waals surface area contributed by atoms with E-state index in [0.717, 1.165) is 5.69 Å². The number of rotatable bonds is 4. The molecule has 3 atom stereocenters. The van der Waals surface area contributed by atoms with Gasteiger partial charge in [-0.1, -0.05) is 18.6 Å². The smallest absolute Gasteiger partial charge is 0.228 e. The van der Waals surface area contributed by atoms with E-state index in [9.17, 15) is 4.79 Å². The Morgan fingerprint density at radius 3 is 2.74 bits per heavy atom. The lowest BCUT2D eigenvalue weighted by molar-refractivity contribution is -0.118. The number of amides is 1. The number of nitrogens with one attached hydrogen (secondary N) is 2. The Morgan fingerprint density at radius 1 is 1.32 bits per heavy atom. The summed E-state index contributed by atoms with van der Waals surface area (Å²) in [6.07, 6.45) is 3.81. The number of hydrogen-bond donors (Lipinski definition) is 2. The van der Waals surface area contributed by atoms with Gasteiger partial charge in [0.15, 0.2) is 0 Å². The number of anilines is 1. The van der Waals surface area contributed by atoms with E-state index in [1.807, 2.05) is 19.2 Å². The van der Waals surface area contributed by atoms with Crippen LogP contribution in [-0.2, 0) is 4.79 Å². The third kappa shape index (κ3) is 2.39. The Kier molecular flexibility index (Phi) is 3.31. The van der Waals surface area contributed by atoms with Gasteiger partial charge >= 0.3 is 0 Å². The molecule has 3 heteroatoms. The molecule has 1 aromatic rings. The van der Waals surface area contributed by atoms with Crippen LogP contribution in [0.3, 0.4) is 0 Å². The molecule has 2 aliphatic carbocycles. The zero-order valence-corrected chi connectivity index (χ0v) is 11.6. The van der Waals surface area contributed by atoms with E-state index >= 15 is 0 Å². The van der Waals surface area contributed by atoms with Crippen LogP contribution in [0.15, 0.2) is 24.3 Å². The molecule has 0 bridgehead atoms. The standard InChI is InChI=1S/C16H22N2O/c1-10(17-2)11-5-3-6-12(9-11)18-16(19)15-13-7-4-8-14(13)15/h3,5-6,9-10,13-15,17H,4,7-8H2,1-2H3,(H,18,19). The van der Waals surface area contributed by atoms with Crippen LogP contribution in [0.25, 0.3) is 0 Å². The maximum Gasteiger partial charge on any atom is 0.228 e. The molecule has 0 saturated heterocycles. The van der Waals surface area contributed by atoms with Crippen molar-refractivity contribution in [3.8, 4) is 0 Å². The van der Waals surface area contributed by atoms with Crippen LogP contribution in [0.4, 0.5) is 5.69 Å². The predicted octanol–water partition coefficient (Wildman–Crippen LogP) is 2.95. The zero-order chi connectivity index (χ0) is 13.4. The highest BCUT2D eigenvalue weighted by Gasteiger charge is 2.56. The fourth-order valence-electron chi connectivity index (χ4n) is 3.49. The number of fused-ring (bicyclic) bond motifs is 1. The Morgan fingerprint density at radius 2 is 2.05 bits per heavy atom. The highest BCUT2D eigenvalue weighted by atomic mass is 16.2. The van der Waals surface area contributed by atoms with E-state index in [4.69, 9.17) is 0 Å². The summed E-state index contributed by atoms with van der Waals surface area (Å²) in [5, 5.41) is 6.30. The van der Waals surface area contributed by atoms with Gasteiger partial charge in [0.1, 0.15) is 0 Å². The lowest BCUT2D eigenvalue weighted by Gasteiger charge is -2.13. The molecule has 0 heterocycles. The first-order chi connectivity index (χ1) is 9.20. The van der Waals surface area contributed by atoms with Gasteiger partial charge in [0, 0.05) is 17.6 Å². The van der Waals surface area contributed by atoms with Crippen molar-refractivity contribution in [2.75, 3.05) is 12.4 Å². The number of carbonyl (C=O) groups is 1. The molecule has 2 fully saturated rings. The van der Waals surface area contributed by atoms with Crippen LogP contribution in [0.1, 0.15) is 37.8 Å². The molecule has 0 radical (unpaired) electrons. The van der Waals surface area contributed by atoms with Gasteiger partial charge in [0.2, 0.25) is 5.91 Å². The predicted molar refractivity (Wildman–Crippen MR) is 76.9 cm³/mol. The topological polar surface area (TPSA) is 41.1 Å². The van der Waals surface area contributed by atoms with Crippen LogP contribution in [0, 0.1) is 17.8 Å². The summed E-state index contributed by atoms with van der Waals surface area (Å²) in [5.41, 5.74) is 2.13. The van der Waals surface area contributed by atoms with Crippen molar-refractivity contribution in [2.45, 2.75) is 32.2 Å². The van der Waals surface area contributed by atoms with Crippen molar-refractivity contribution in [2.24, 2.45) is 17.8 Å². The summed E-state index contributed by atoms with van der Waals surface area (Å²) in [5.74, 6) is 1.88. The van der Waals surface area contributed by atoms with E-state index in [-0.39, 0.29) is 5.91 Å². The summed E-state index contributed by atoms with van der Waals surface area (Å²) in [7, 11) is 1.95. The van der Waals surface area contributed by atoms with Crippen LogP contribution in [0.5, 0.6) is 0 Å². The molecule has 1 aromatic carbocycles. The van der Waals surface area contributed by atoms with Crippen molar-refractivity contribution in [1.29, 1.82) is 0 Å². The Balaban J connectivity index is 1.65. The summed E-state index contributed by atoms with van der Waals surface area (Å²) < 4.78 is 0. The molecule has 0 aliphatic heterocycles. The van der Waals surface area contributed by atoms with E-state index in [2.05, 4.69) is 29.7 Å². The Labute approximate surface area is 114 Å². The lowest BCUT2D eigenvalue weighted by atomic mass is 10.1. The minimum absolute atomic E-state index is 0.226. The average molecular weight is 258 g/mol. The molecular formula is C16H22N2O. The maximum atomic E-state index is 12.2. The molecule has 102 valence electrons. The van der Waals surface area contributed by atoms with Crippen LogP contribution < -0.4 is 10.6 Å². The number of benzene rings is 1. The van der Waals surface area contributed by atoms with Gasteiger partial charge in [0.05, 0.1) is 0 Å². The molecule has 19 heavy (non-hydrogen) atoms. The first-order valence-corrected chi connectivity index (χ1v) is 7.29. The van der Waals surface area contributed by atoms with E-state index in [1.54, 1.807) is 0 Å². The van der Waals surface area contributed by atoms with Crippen molar-refractivity contribution in [3.63, 3.8) is 0 Å². The minimum Gasteiger partial charge on any atom is -0.326 e. The molecule has 3 rings (SSSR count). The lowest BCUT2D eigenvalue weighted by Crippen LogP contribution is -2.17. The first kappa shape index (κ1) is 12.7. The van der Waals surface area contributed by atoms with Gasteiger partial charge in [-0.25, -0.2) is 0 Å². The Hall–Kier alpha value is -1.35. The molecule has 3 unspecified atom stereocenters. The van der Waals surface area contributed by atoms with Gasteiger partial charge in [-0.2, -0.15) is 0 Å². The van der Waals surface area contributed by atoms with Crippen molar-refractivity contribution in [3.05, 3.63) is 29.8 Å². The Bertz CT molecular complexity index is 475. The molecule has 2 aliphatic rings. The third-order valence-corrected chi connectivity index (χ3v) is 4.80. The second-order valence-corrected chi connectivity index (χ2v) is 5.91. The van der Waals surface area contributed by atoms with E-state index < -0.39 is 0 Å². The number of hydrogen-bond acceptors (Lipinski definition) is 2. The minimum atomic E-state index is 0.226. The summed E-state index contributed by atoms with van der Waals surface area (Å²) >= 11 is 0. The second kappa shape index (κ2) is 4.97. The normalized spacial score (nSPS) is 29.7. The second-order valence-electron chi connectivity index (χ2n) is 5.91. The summed E-state index contributed by atoms with van der Waals surface area (Å²) in [6.45, 7) is 2.12. The average Bonchev–Trinajstić information content (AvgIpc) is 2.92. The van der Waals surface area contributed by atoms with Gasteiger partial charge < -0.3 is 10.6 Å². The van der Waals surface area contributed by atoms with Gasteiger partial charge in [0.25, 0.3) is 0 Å². The summed E-state index contributed by atoms with van der Waals surface area (Å²) in [6, 6.07) is 8.44. The van der Waals surface area contributed by atoms with Crippen LogP contribution in [-0.4, -0.2) is 13.0 Å². The van der Waals surface area contributed by atoms with Crippen molar-refractivity contribution < 1.29 is 4.79 Å². The van der Waals surface area contributed by atoms with Crippen molar-refractivity contribution >= 4 is 11.6 Å². The highest BCUT2D eigenvalue weighted by Crippen LogP contribution is 2.57. The first-order valence-electron chi connectivity index (χ1n) is 7.29. The largest absolute Gasteiger partial charge is 0.326 e. The molecule has 0 aromatic heterocycles. The SMILES string of the molecule is CNC(C)c1cccc(NC(=O)C2C3CCCC32)c1. The monoisotopic (exact) mass is 258 g/mol. The molecule has 2 N–H and O–H groups in total. The molecular weight excluding hydrogens is 236 g/mol. The molecule has 0 spiro atoms. The quantitative estimate of drug-likeness (QED) is 0.871. The van der Waals surface area contributed by atoms with Crippen LogP contribution in [0.2, 0.25) is 0 Å². The van der Waals surface area contributed by atoms with E-state index in [0.29, 0.717) is 23.8 Å². The summed E-state index contributed by atoms with van der Waals surface area (Å²) in [4.78, 5) is 12.2. The third-order valence-electron chi connectivity index (χ3n) is 4.80. The highest BCUT2D eigenvalue weighted by molar-refractivity contribution is 5.95. The maximum absolute atomic E-state index is 12.2. The van der Waals surface area contributed by atoms with Gasteiger partial charge in [-0.15, -0.1) is 0 Å². The van der Waals surface area contributed by atoms with Gasteiger partial charge in [-0.05, 0) is 56.3 Å². The fraction of sp³-hybridized carbons (Fsp3) is 0.562. The molecule has 1 amide bonds. The molecule has 2 saturated carbocycles. The van der Waals surface area contributed by atoms with Crippen LogP contribution >= 0.6 is 0 Å². The fourth-order valence-corrected chi connectivity index (χ4v) is 3.49. The van der Waals surface area contributed by atoms with Gasteiger partial charge in [-0.3, -0.25) is 4.79 Å². The van der Waals surface area contributed by atoms with Crippen molar-refractivity contribution in [1.82, 2.24) is 5.32 Å². The zero-order valence-electron chi connectivity index (χ0n) is 11.6. The van der Waals surface area contributed by atoms with E-state index in [1.165, 1.54) is 24.8 Å². The molecule has 3 nitrogen and oxygen atoms in total.